The smallest absolute Gasteiger partial charge is 0.161 e. The quantitative estimate of drug-likeness (QED) is 0.777. The Morgan fingerprint density at radius 2 is 1.96 bits per heavy atom. The van der Waals surface area contributed by atoms with E-state index in [1.165, 1.54) is 6.92 Å². The number of rotatable bonds is 1. The Hall–Kier alpha value is -0.960. The first-order valence-electron chi connectivity index (χ1n) is 11.3. The molecule has 0 aromatic heterocycles. The molecule has 0 radical (unpaired) electrons. The molecule has 0 aliphatic heterocycles. The normalized spacial score (nSPS) is 54.3. The van der Waals surface area contributed by atoms with Crippen LogP contribution in [0.15, 0.2) is 11.6 Å². The molecule has 138 valence electrons. The molecule has 0 amide bonds. The summed E-state index contributed by atoms with van der Waals surface area (Å²) in [7, 11) is 0. The summed E-state index contributed by atoms with van der Waals surface area (Å²) in [4.78, 5) is 24.5. The van der Waals surface area contributed by atoms with Crippen molar-refractivity contribution in [3.05, 3.63) is 11.6 Å². The van der Waals surface area contributed by atoms with Gasteiger partial charge >= 0.3 is 0 Å². The Kier molecular flexibility index (Phi) is 2.99. The molecule has 3 heteroatoms. The Bertz CT molecular complexity index is 757. The summed E-state index contributed by atoms with van der Waals surface area (Å²) in [6.07, 6.45) is 6.28. The van der Waals surface area contributed by atoms with Crippen LogP contribution in [0.3, 0.4) is 0 Å². The van der Waals surface area contributed by atoms with Crippen LogP contribution in [0.25, 0.3) is 0 Å². The standard InChI is InChI=1S/C22H32O3/c1-13-11-16-17(20(3)8-5-15(24)12-19(13)20)6-9-21(4)18(16)7-10-22(21,25)14(2)23/h12-13,16-18,25H,5-11H2,1-4H3/t13-,16+,17+,18+,20+,21-,22-/m0/s1/i1D3. The van der Waals surface area contributed by atoms with Crippen molar-refractivity contribution in [1.82, 2.24) is 0 Å². The van der Waals surface area contributed by atoms with Crippen molar-refractivity contribution in [3.8, 4) is 0 Å². The minimum absolute atomic E-state index is 0.0487. The molecule has 3 fully saturated rings. The minimum Gasteiger partial charge on any atom is -0.382 e. The molecule has 1 N–H and O–H groups in total. The van der Waals surface area contributed by atoms with E-state index in [0.717, 1.165) is 24.8 Å². The van der Waals surface area contributed by atoms with Crippen molar-refractivity contribution in [1.29, 1.82) is 0 Å². The van der Waals surface area contributed by atoms with Gasteiger partial charge < -0.3 is 5.11 Å². The first-order chi connectivity index (χ1) is 12.8. The lowest BCUT2D eigenvalue weighted by Gasteiger charge is -2.60. The van der Waals surface area contributed by atoms with Gasteiger partial charge in [-0.3, -0.25) is 9.59 Å². The zero-order valence-electron chi connectivity index (χ0n) is 18.6. The van der Waals surface area contributed by atoms with Crippen molar-refractivity contribution in [3.63, 3.8) is 0 Å². The summed E-state index contributed by atoms with van der Waals surface area (Å²) in [5.74, 6) is -0.0649. The molecule has 0 unspecified atom stereocenters. The van der Waals surface area contributed by atoms with Gasteiger partial charge in [-0.25, -0.2) is 0 Å². The molecule has 0 spiro atoms. The number of allylic oxidation sites excluding steroid dienone is 1. The molecular weight excluding hydrogens is 312 g/mol. The maximum atomic E-state index is 12.4. The monoisotopic (exact) mass is 347 g/mol. The van der Waals surface area contributed by atoms with Gasteiger partial charge in [-0.1, -0.05) is 26.3 Å². The summed E-state index contributed by atoms with van der Waals surface area (Å²) in [6.45, 7) is 3.56. The number of carbonyl (C=O) groups is 2. The number of carbonyl (C=O) groups excluding carboxylic acids is 2. The van der Waals surface area contributed by atoms with Gasteiger partial charge in [-0.15, -0.1) is 0 Å². The Morgan fingerprint density at radius 3 is 2.64 bits per heavy atom. The fourth-order valence-corrected chi connectivity index (χ4v) is 7.24. The lowest BCUT2D eigenvalue weighted by Crippen LogP contribution is -2.57. The molecule has 0 aromatic rings. The van der Waals surface area contributed by atoms with Gasteiger partial charge in [-0.05, 0) is 80.6 Å². The van der Waals surface area contributed by atoms with Crippen LogP contribution in [0.2, 0.25) is 0 Å². The molecular formula is C22H32O3. The number of hydrogen-bond donors (Lipinski definition) is 1. The molecule has 25 heavy (non-hydrogen) atoms. The number of fused-ring (bicyclic) bond motifs is 5. The SMILES string of the molecule is [2H]C([2H])([2H])[C@H]1C[C@@H]2[C@@H](CC[C@@]3(C)[C@@H]2CC[C@]3(O)C(C)=O)[C@@]2(C)CCC(=O)C=C12. The number of Topliss-reactive ketones (excluding diaryl/α,β-unsaturated/α-hetero) is 1. The van der Waals surface area contributed by atoms with Crippen LogP contribution in [0, 0.1) is 34.5 Å². The fraction of sp³-hybridized carbons (Fsp3) is 0.818. The third-order valence-corrected chi connectivity index (χ3v) is 8.74. The second kappa shape index (κ2) is 5.28. The van der Waals surface area contributed by atoms with E-state index in [0.29, 0.717) is 31.6 Å². The van der Waals surface area contributed by atoms with E-state index >= 15 is 0 Å². The zero-order chi connectivity index (χ0) is 20.7. The van der Waals surface area contributed by atoms with Gasteiger partial charge in [0.1, 0.15) is 5.60 Å². The largest absolute Gasteiger partial charge is 0.382 e. The van der Waals surface area contributed by atoms with Crippen molar-refractivity contribution in [2.24, 2.45) is 34.5 Å². The first kappa shape index (κ1) is 14.1. The predicted octanol–water partition coefficient (Wildman–Crippen LogP) is 4.08. The van der Waals surface area contributed by atoms with Crippen LogP contribution in [-0.2, 0) is 9.59 Å². The zero-order valence-corrected chi connectivity index (χ0v) is 15.6. The molecule has 0 saturated heterocycles. The van der Waals surface area contributed by atoms with Gasteiger partial charge in [0.2, 0.25) is 0 Å². The highest BCUT2D eigenvalue weighted by Gasteiger charge is 2.66. The van der Waals surface area contributed by atoms with Gasteiger partial charge in [0.15, 0.2) is 11.6 Å². The highest BCUT2D eigenvalue weighted by atomic mass is 16.3. The van der Waals surface area contributed by atoms with E-state index in [1.54, 1.807) is 6.08 Å². The first-order valence-corrected chi connectivity index (χ1v) is 9.83. The van der Waals surface area contributed by atoms with E-state index in [9.17, 15) is 14.7 Å². The van der Waals surface area contributed by atoms with Gasteiger partial charge in [0, 0.05) is 15.9 Å². The number of ketones is 2. The van der Waals surface area contributed by atoms with Crippen molar-refractivity contribution in [2.75, 3.05) is 0 Å². The molecule has 4 aliphatic carbocycles. The Balaban J connectivity index is 1.79. The molecule has 7 atom stereocenters. The maximum absolute atomic E-state index is 12.4. The molecule has 3 nitrogen and oxygen atoms in total. The highest BCUT2D eigenvalue weighted by Crippen LogP contribution is 2.68. The highest BCUT2D eigenvalue weighted by molar-refractivity contribution is 5.91. The average molecular weight is 348 g/mol. The lowest BCUT2D eigenvalue weighted by atomic mass is 9.45. The molecule has 0 heterocycles. The summed E-state index contributed by atoms with van der Waals surface area (Å²) >= 11 is 0. The molecule has 4 aliphatic rings. The van der Waals surface area contributed by atoms with Crippen LogP contribution >= 0.6 is 0 Å². The van der Waals surface area contributed by atoms with E-state index in [2.05, 4.69) is 6.92 Å². The van der Waals surface area contributed by atoms with Crippen LogP contribution < -0.4 is 0 Å². The molecule has 4 rings (SSSR count). The van der Waals surface area contributed by atoms with Gasteiger partial charge in [0.25, 0.3) is 0 Å². The second-order valence-electron chi connectivity index (χ2n) is 9.56. The summed E-state index contributed by atoms with van der Waals surface area (Å²) in [5, 5.41) is 11.3. The average Bonchev–Trinajstić information content (AvgIpc) is 2.87. The number of aliphatic hydroxyl groups is 1. The van der Waals surface area contributed by atoms with Gasteiger partial charge in [-0.2, -0.15) is 0 Å². The van der Waals surface area contributed by atoms with E-state index < -0.39 is 23.8 Å². The molecule has 3 saturated carbocycles. The van der Waals surface area contributed by atoms with E-state index in [4.69, 9.17) is 4.11 Å². The third-order valence-electron chi connectivity index (χ3n) is 8.74. The third kappa shape index (κ3) is 2.08. The van der Waals surface area contributed by atoms with Crippen molar-refractivity contribution >= 4 is 11.6 Å². The summed E-state index contributed by atoms with van der Waals surface area (Å²) < 4.78 is 24.5. The predicted molar refractivity (Wildman–Crippen MR) is 96.9 cm³/mol. The molecule has 0 aromatic carbocycles. The van der Waals surface area contributed by atoms with E-state index in [-0.39, 0.29) is 28.8 Å². The Labute approximate surface area is 155 Å². The van der Waals surface area contributed by atoms with Crippen LogP contribution in [0.1, 0.15) is 76.7 Å². The molecule has 0 bridgehead atoms. The van der Waals surface area contributed by atoms with Crippen molar-refractivity contribution < 1.29 is 18.8 Å². The van der Waals surface area contributed by atoms with E-state index in [1.807, 2.05) is 6.92 Å². The fourth-order valence-electron chi connectivity index (χ4n) is 7.24. The minimum atomic E-state index is -2.14. The van der Waals surface area contributed by atoms with Crippen LogP contribution in [0.4, 0.5) is 0 Å². The van der Waals surface area contributed by atoms with Crippen LogP contribution in [-0.4, -0.2) is 22.3 Å². The van der Waals surface area contributed by atoms with Gasteiger partial charge in [0.05, 0.1) is 0 Å². The maximum Gasteiger partial charge on any atom is 0.161 e. The topological polar surface area (TPSA) is 54.4 Å². The summed E-state index contributed by atoms with van der Waals surface area (Å²) in [6, 6.07) is 0. The Morgan fingerprint density at radius 1 is 1.24 bits per heavy atom. The van der Waals surface area contributed by atoms with Crippen LogP contribution in [0.5, 0.6) is 0 Å². The van der Waals surface area contributed by atoms with Crippen molar-refractivity contribution in [2.45, 2.75) is 78.2 Å². The summed E-state index contributed by atoms with van der Waals surface area (Å²) in [5.41, 5.74) is -1.21. The second-order valence-corrected chi connectivity index (χ2v) is 9.56. The number of hydrogen-bond acceptors (Lipinski definition) is 3. The lowest BCUT2D eigenvalue weighted by molar-refractivity contribution is -0.161.